The molecule has 1 heterocycles. The van der Waals surface area contributed by atoms with Gasteiger partial charge in [-0.3, -0.25) is 9.78 Å². The minimum absolute atomic E-state index is 0.160. The first-order chi connectivity index (χ1) is 10.1. The summed E-state index contributed by atoms with van der Waals surface area (Å²) in [6, 6.07) is 12.6. The van der Waals surface area contributed by atoms with Gasteiger partial charge in [-0.2, -0.15) is 0 Å². The number of para-hydroxylation sites is 1. The van der Waals surface area contributed by atoms with E-state index in [0.717, 1.165) is 10.0 Å². The summed E-state index contributed by atoms with van der Waals surface area (Å²) in [5, 5.41) is 2.78. The molecular formula is C15H11BrN2O3. The molecule has 3 rings (SSSR count). The number of H-pyrrole nitrogens is 1. The van der Waals surface area contributed by atoms with Crippen molar-refractivity contribution in [2.75, 3.05) is 5.32 Å². The predicted molar refractivity (Wildman–Crippen MR) is 83.3 cm³/mol. The Labute approximate surface area is 128 Å². The highest BCUT2D eigenvalue weighted by Crippen LogP contribution is 2.20. The third-order valence-corrected chi connectivity index (χ3v) is 3.54. The summed E-state index contributed by atoms with van der Waals surface area (Å²) in [5.41, 5.74) is 2.34. The van der Waals surface area contributed by atoms with E-state index in [1.807, 2.05) is 24.3 Å². The van der Waals surface area contributed by atoms with Gasteiger partial charge in [0, 0.05) is 4.47 Å². The smallest absolute Gasteiger partial charge is 0.408 e. The first-order valence-corrected chi connectivity index (χ1v) is 7.07. The Kier molecular flexibility index (Phi) is 3.62. The van der Waals surface area contributed by atoms with Crippen LogP contribution in [0.4, 0.5) is 5.69 Å². The first kappa shape index (κ1) is 13.6. The molecule has 0 saturated heterocycles. The molecule has 0 saturated carbocycles. The van der Waals surface area contributed by atoms with Crippen molar-refractivity contribution in [1.82, 2.24) is 4.98 Å². The maximum absolute atomic E-state index is 12.1. The van der Waals surface area contributed by atoms with Gasteiger partial charge < -0.3 is 9.73 Å². The van der Waals surface area contributed by atoms with E-state index in [9.17, 15) is 9.59 Å². The maximum atomic E-state index is 12.1. The van der Waals surface area contributed by atoms with Crippen molar-refractivity contribution in [2.45, 2.75) is 6.42 Å². The number of aromatic nitrogens is 1. The molecule has 21 heavy (non-hydrogen) atoms. The Morgan fingerprint density at radius 3 is 2.71 bits per heavy atom. The molecule has 0 radical (unpaired) electrons. The predicted octanol–water partition coefficient (Wildman–Crippen LogP) is 3.06. The highest BCUT2D eigenvalue weighted by Gasteiger charge is 2.09. The van der Waals surface area contributed by atoms with Crippen LogP contribution in [0.15, 0.2) is 56.1 Å². The molecule has 0 aliphatic rings. The SMILES string of the molecule is O=C(Cc1ccc(Br)cc1)Nc1cccc2oc(=O)[nH]c12. The van der Waals surface area contributed by atoms with Gasteiger partial charge >= 0.3 is 5.76 Å². The lowest BCUT2D eigenvalue weighted by Crippen LogP contribution is -2.14. The average molecular weight is 347 g/mol. The number of anilines is 1. The van der Waals surface area contributed by atoms with E-state index < -0.39 is 5.76 Å². The number of oxazole rings is 1. The molecule has 6 heteroatoms. The van der Waals surface area contributed by atoms with E-state index in [-0.39, 0.29) is 12.3 Å². The summed E-state index contributed by atoms with van der Waals surface area (Å²) in [7, 11) is 0. The lowest BCUT2D eigenvalue weighted by atomic mass is 10.1. The van der Waals surface area contributed by atoms with Gasteiger partial charge in [0.15, 0.2) is 5.58 Å². The molecule has 1 aromatic heterocycles. The molecule has 0 fully saturated rings. The number of hydrogen-bond donors (Lipinski definition) is 2. The van der Waals surface area contributed by atoms with E-state index in [2.05, 4.69) is 26.2 Å². The standard InChI is InChI=1S/C15H11BrN2O3/c16-10-6-4-9(5-7-10)8-13(19)17-11-2-1-3-12-14(11)18-15(20)21-12/h1-7H,8H2,(H,17,19)(H,18,20). The van der Waals surface area contributed by atoms with Crippen molar-refractivity contribution in [3.63, 3.8) is 0 Å². The van der Waals surface area contributed by atoms with Gasteiger partial charge in [-0.1, -0.05) is 34.1 Å². The molecule has 0 aliphatic heterocycles. The first-order valence-electron chi connectivity index (χ1n) is 6.28. The van der Waals surface area contributed by atoms with Crippen molar-refractivity contribution in [1.29, 1.82) is 0 Å². The number of carbonyl (C=O) groups is 1. The minimum Gasteiger partial charge on any atom is -0.408 e. The van der Waals surface area contributed by atoms with Crippen LogP contribution in [-0.2, 0) is 11.2 Å². The van der Waals surface area contributed by atoms with Crippen LogP contribution in [0, 0.1) is 0 Å². The zero-order chi connectivity index (χ0) is 14.8. The van der Waals surface area contributed by atoms with Gasteiger partial charge in [-0.15, -0.1) is 0 Å². The van der Waals surface area contributed by atoms with Gasteiger partial charge in [0.1, 0.15) is 5.52 Å². The second-order valence-corrected chi connectivity index (χ2v) is 5.46. The molecule has 0 atom stereocenters. The topological polar surface area (TPSA) is 75.1 Å². The normalized spacial score (nSPS) is 10.7. The lowest BCUT2D eigenvalue weighted by molar-refractivity contribution is -0.115. The van der Waals surface area contributed by atoms with Crippen molar-refractivity contribution >= 4 is 38.6 Å². The number of halogens is 1. The number of nitrogens with one attached hydrogen (secondary N) is 2. The number of carbonyl (C=O) groups excluding carboxylic acids is 1. The lowest BCUT2D eigenvalue weighted by Gasteiger charge is -2.06. The Morgan fingerprint density at radius 2 is 1.95 bits per heavy atom. The highest BCUT2D eigenvalue weighted by molar-refractivity contribution is 9.10. The fourth-order valence-corrected chi connectivity index (χ4v) is 2.32. The summed E-state index contributed by atoms with van der Waals surface area (Å²) >= 11 is 3.35. The maximum Gasteiger partial charge on any atom is 0.417 e. The number of hydrogen-bond acceptors (Lipinski definition) is 3. The van der Waals surface area contributed by atoms with Gasteiger partial charge in [0.2, 0.25) is 5.91 Å². The van der Waals surface area contributed by atoms with Crippen molar-refractivity contribution in [3.8, 4) is 0 Å². The summed E-state index contributed by atoms with van der Waals surface area (Å²) in [4.78, 5) is 25.8. The van der Waals surface area contributed by atoms with Crippen LogP contribution in [0.1, 0.15) is 5.56 Å². The fraction of sp³-hybridized carbons (Fsp3) is 0.0667. The van der Waals surface area contributed by atoms with Crippen LogP contribution in [-0.4, -0.2) is 10.9 Å². The molecule has 2 aromatic carbocycles. The van der Waals surface area contributed by atoms with E-state index in [0.29, 0.717) is 16.8 Å². The second-order valence-electron chi connectivity index (χ2n) is 4.54. The highest BCUT2D eigenvalue weighted by atomic mass is 79.9. The molecule has 2 N–H and O–H groups in total. The van der Waals surface area contributed by atoms with Crippen LogP contribution in [0.25, 0.3) is 11.1 Å². The zero-order valence-corrected chi connectivity index (χ0v) is 12.4. The van der Waals surface area contributed by atoms with Crippen LogP contribution in [0.2, 0.25) is 0 Å². The number of benzene rings is 2. The Balaban J connectivity index is 1.80. The molecule has 106 valence electrons. The van der Waals surface area contributed by atoms with Crippen molar-refractivity contribution in [3.05, 3.63) is 63.1 Å². The van der Waals surface area contributed by atoms with Crippen LogP contribution in [0.5, 0.6) is 0 Å². The average Bonchev–Trinajstić information content (AvgIpc) is 2.83. The molecule has 0 spiro atoms. The molecule has 0 unspecified atom stereocenters. The fourth-order valence-electron chi connectivity index (χ4n) is 2.06. The second kappa shape index (κ2) is 5.57. The molecule has 5 nitrogen and oxygen atoms in total. The molecule has 3 aromatic rings. The largest absolute Gasteiger partial charge is 0.417 e. The molecule has 1 amide bonds. The van der Waals surface area contributed by atoms with Gasteiger partial charge in [-0.05, 0) is 29.8 Å². The quantitative estimate of drug-likeness (QED) is 0.765. The number of amides is 1. The van der Waals surface area contributed by atoms with Gasteiger partial charge in [-0.25, -0.2) is 4.79 Å². The third-order valence-electron chi connectivity index (χ3n) is 3.01. The summed E-state index contributed by atoms with van der Waals surface area (Å²) in [6.45, 7) is 0. The van der Waals surface area contributed by atoms with Crippen LogP contribution in [0.3, 0.4) is 0 Å². The summed E-state index contributed by atoms with van der Waals surface area (Å²) in [5.74, 6) is -0.702. The number of aromatic amines is 1. The Hall–Kier alpha value is -2.34. The minimum atomic E-state index is -0.542. The molecular weight excluding hydrogens is 336 g/mol. The zero-order valence-electron chi connectivity index (χ0n) is 10.9. The van der Waals surface area contributed by atoms with E-state index in [1.54, 1.807) is 18.2 Å². The summed E-state index contributed by atoms with van der Waals surface area (Å²) in [6.07, 6.45) is 0.256. The van der Waals surface area contributed by atoms with E-state index >= 15 is 0 Å². The summed E-state index contributed by atoms with van der Waals surface area (Å²) < 4.78 is 5.92. The van der Waals surface area contributed by atoms with Crippen molar-refractivity contribution in [2.24, 2.45) is 0 Å². The Morgan fingerprint density at radius 1 is 1.19 bits per heavy atom. The molecule has 0 aliphatic carbocycles. The van der Waals surface area contributed by atoms with Gasteiger partial charge in [0.25, 0.3) is 0 Å². The van der Waals surface area contributed by atoms with Crippen LogP contribution < -0.4 is 11.1 Å². The molecule has 0 bridgehead atoms. The third kappa shape index (κ3) is 3.05. The Bertz CT molecular complexity index is 849. The van der Waals surface area contributed by atoms with Gasteiger partial charge in [0.05, 0.1) is 12.1 Å². The van der Waals surface area contributed by atoms with E-state index in [1.165, 1.54) is 0 Å². The number of rotatable bonds is 3. The van der Waals surface area contributed by atoms with E-state index in [4.69, 9.17) is 4.42 Å². The van der Waals surface area contributed by atoms with Crippen LogP contribution >= 0.6 is 15.9 Å². The number of fused-ring (bicyclic) bond motifs is 1. The monoisotopic (exact) mass is 346 g/mol. The van der Waals surface area contributed by atoms with Crippen molar-refractivity contribution < 1.29 is 9.21 Å².